The summed E-state index contributed by atoms with van der Waals surface area (Å²) in [6, 6.07) is 13.3. The highest BCUT2D eigenvalue weighted by molar-refractivity contribution is 6.30. The SMILES string of the molecule is Cc1ccc(C)c2nc(Cl)c(CC(C#N)C(=O)Nc3ccc(F)cc3)cc12. The molecule has 0 bridgehead atoms. The van der Waals surface area contributed by atoms with E-state index in [0.717, 1.165) is 22.0 Å². The van der Waals surface area contributed by atoms with E-state index in [-0.39, 0.29) is 11.6 Å². The van der Waals surface area contributed by atoms with Gasteiger partial charge in [-0.3, -0.25) is 4.79 Å². The van der Waals surface area contributed by atoms with Crippen molar-refractivity contribution >= 4 is 34.1 Å². The zero-order valence-electron chi connectivity index (χ0n) is 14.9. The largest absolute Gasteiger partial charge is 0.325 e. The highest BCUT2D eigenvalue weighted by Crippen LogP contribution is 2.27. The molecule has 0 radical (unpaired) electrons. The number of nitrogens with one attached hydrogen (secondary N) is 1. The zero-order chi connectivity index (χ0) is 19.6. The molecule has 1 heterocycles. The predicted molar refractivity (Wildman–Crippen MR) is 104 cm³/mol. The van der Waals surface area contributed by atoms with Crippen LogP contribution in [-0.4, -0.2) is 10.9 Å². The summed E-state index contributed by atoms with van der Waals surface area (Å²) >= 11 is 6.32. The third-order valence-electron chi connectivity index (χ3n) is 4.44. The molecule has 3 rings (SSSR count). The Bertz CT molecular complexity index is 1060. The maximum atomic E-state index is 13.0. The molecule has 1 N–H and O–H groups in total. The molecule has 1 atom stereocenters. The maximum absolute atomic E-state index is 13.0. The Morgan fingerprint density at radius 1 is 1.22 bits per heavy atom. The van der Waals surface area contributed by atoms with E-state index in [9.17, 15) is 14.4 Å². The van der Waals surface area contributed by atoms with Crippen LogP contribution in [-0.2, 0) is 11.2 Å². The number of rotatable bonds is 4. The molecule has 0 aliphatic rings. The molecule has 3 aromatic rings. The molecular weight excluding hydrogens is 365 g/mol. The van der Waals surface area contributed by atoms with Crippen LogP contribution in [0.15, 0.2) is 42.5 Å². The summed E-state index contributed by atoms with van der Waals surface area (Å²) in [6.45, 7) is 3.93. The van der Waals surface area contributed by atoms with Gasteiger partial charge in [0, 0.05) is 17.5 Å². The number of halogens is 2. The van der Waals surface area contributed by atoms with Gasteiger partial charge in [-0.15, -0.1) is 0 Å². The third-order valence-corrected chi connectivity index (χ3v) is 4.77. The highest BCUT2D eigenvalue weighted by atomic mass is 35.5. The van der Waals surface area contributed by atoms with Crippen molar-refractivity contribution < 1.29 is 9.18 Å². The van der Waals surface area contributed by atoms with Crippen molar-refractivity contribution in [1.82, 2.24) is 4.98 Å². The lowest BCUT2D eigenvalue weighted by molar-refractivity contribution is -0.118. The number of hydrogen-bond donors (Lipinski definition) is 1. The topological polar surface area (TPSA) is 65.8 Å². The Balaban J connectivity index is 1.86. The molecule has 1 unspecified atom stereocenters. The second kappa shape index (κ2) is 7.73. The van der Waals surface area contributed by atoms with E-state index in [1.165, 1.54) is 24.3 Å². The highest BCUT2D eigenvalue weighted by Gasteiger charge is 2.21. The van der Waals surface area contributed by atoms with E-state index in [0.29, 0.717) is 11.3 Å². The lowest BCUT2D eigenvalue weighted by Gasteiger charge is -2.13. The summed E-state index contributed by atoms with van der Waals surface area (Å²) in [5.41, 5.74) is 3.93. The number of nitrogens with zero attached hydrogens (tertiary/aromatic N) is 2. The van der Waals surface area contributed by atoms with Crippen LogP contribution < -0.4 is 5.32 Å². The van der Waals surface area contributed by atoms with Gasteiger partial charge in [-0.2, -0.15) is 5.26 Å². The molecule has 2 aromatic carbocycles. The monoisotopic (exact) mass is 381 g/mol. The first kappa shape index (κ1) is 18.8. The molecule has 4 nitrogen and oxygen atoms in total. The number of anilines is 1. The van der Waals surface area contributed by atoms with Crippen LogP contribution in [0.2, 0.25) is 5.15 Å². The Hall–Kier alpha value is -2.97. The molecule has 27 heavy (non-hydrogen) atoms. The predicted octanol–water partition coefficient (Wildman–Crippen LogP) is 4.97. The lowest BCUT2D eigenvalue weighted by Crippen LogP contribution is -2.23. The smallest absolute Gasteiger partial charge is 0.242 e. The Morgan fingerprint density at radius 3 is 2.56 bits per heavy atom. The van der Waals surface area contributed by atoms with Crippen molar-refractivity contribution in [2.24, 2.45) is 5.92 Å². The number of amides is 1. The van der Waals surface area contributed by atoms with E-state index in [1.54, 1.807) is 0 Å². The summed E-state index contributed by atoms with van der Waals surface area (Å²) in [5, 5.41) is 13.3. The van der Waals surface area contributed by atoms with Gasteiger partial charge in [-0.05, 0) is 60.9 Å². The Morgan fingerprint density at radius 2 is 1.89 bits per heavy atom. The molecule has 0 fully saturated rings. The van der Waals surface area contributed by atoms with E-state index in [1.807, 2.05) is 38.1 Å². The molecular formula is C21H17ClFN3O. The number of aryl methyl sites for hydroxylation is 2. The molecule has 0 saturated heterocycles. The molecule has 6 heteroatoms. The fraction of sp³-hybridized carbons (Fsp3) is 0.190. The van der Waals surface area contributed by atoms with Crippen LogP contribution in [0, 0.1) is 36.9 Å². The summed E-state index contributed by atoms with van der Waals surface area (Å²) < 4.78 is 13.0. The molecule has 1 aromatic heterocycles. The number of fused-ring (bicyclic) bond motifs is 1. The van der Waals surface area contributed by atoms with Crippen molar-refractivity contribution in [3.05, 3.63) is 70.1 Å². The molecule has 0 aliphatic carbocycles. The van der Waals surface area contributed by atoms with Crippen molar-refractivity contribution in [1.29, 1.82) is 5.26 Å². The molecule has 0 aliphatic heterocycles. The number of nitriles is 1. The normalized spacial score (nSPS) is 11.8. The minimum atomic E-state index is -0.947. The van der Waals surface area contributed by atoms with Gasteiger partial charge < -0.3 is 5.32 Å². The second-order valence-electron chi connectivity index (χ2n) is 6.42. The minimum Gasteiger partial charge on any atom is -0.325 e. The van der Waals surface area contributed by atoms with E-state index >= 15 is 0 Å². The fourth-order valence-corrected chi connectivity index (χ4v) is 3.09. The van der Waals surface area contributed by atoms with Gasteiger partial charge in [0.2, 0.25) is 5.91 Å². The van der Waals surface area contributed by atoms with Crippen molar-refractivity contribution in [3.8, 4) is 6.07 Å². The summed E-state index contributed by atoms with van der Waals surface area (Å²) in [6.07, 6.45) is 0.138. The van der Waals surface area contributed by atoms with Gasteiger partial charge in [-0.25, -0.2) is 9.37 Å². The average Bonchev–Trinajstić information content (AvgIpc) is 2.65. The lowest BCUT2D eigenvalue weighted by atomic mass is 9.97. The van der Waals surface area contributed by atoms with Gasteiger partial charge in [0.15, 0.2) is 0 Å². The van der Waals surface area contributed by atoms with Gasteiger partial charge >= 0.3 is 0 Å². The first-order chi connectivity index (χ1) is 12.9. The molecule has 0 spiro atoms. The second-order valence-corrected chi connectivity index (χ2v) is 6.77. The van der Waals surface area contributed by atoms with Crippen LogP contribution in [0.25, 0.3) is 10.9 Å². The molecule has 1 amide bonds. The number of aromatic nitrogens is 1. The zero-order valence-corrected chi connectivity index (χ0v) is 15.6. The standard InChI is InChI=1S/C21H17ClFN3O/c1-12-3-4-13(2)19-18(12)10-14(20(22)26-19)9-15(11-24)21(27)25-17-7-5-16(23)6-8-17/h3-8,10,15H,9H2,1-2H3,(H,25,27). The summed E-state index contributed by atoms with van der Waals surface area (Å²) in [4.78, 5) is 16.9. The number of benzene rings is 2. The van der Waals surface area contributed by atoms with Crippen LogP contribution in [0.1, 0.15) is 16.7 Å². The van der Waals surface area contributed by atoms with Gasteiger partial charge in [-0.1, -0.05) is 23.7 Å². The number of carbonyl (C=O) groups excluding carboxylic acids is 1. The first-order valence-corrected chi connectivity index (χ1v) is 8.78. The maximum Gasteiger partial charge on any atom is 0.242 e. The van der Waals surface area contributed by atoms with Crippen LogP contribution in [0.4, 0.5) is 10.1 Å². The van der Waals surface area contributed by atoms with E-state index < -0.39 is 17.6 Å². The number of hydrogen-bond acceptors (Lipinski definition) is 3. The Kier molecular flexibility index (Phi) is 5.38. The van der Waals surface area contributed by atoms with Crippen LogP contribution in [0.3, 0.4) is 0 Å². The molecule has 136 valence electrons. The van der Waals surface area contributed by atoms with Crippen LogP contribution >= 0.6 is 11.6 Å². The average molecular weight is 382 g/mol. The summed E-state index contributed by atoms with van der Waals surface area (Å²) in [7, 11) is 0. The first-order valence-electron chi connectivity index (χ1n) is 8.40. The van der Waals surface area contributed by atoms with Gasteiger partial charge in [0.05, 0.1) is 11.6 Å². The molecule has 0 saturated carbocycles. The fourth-order valence-electron chi connectivity index (χ4n) is 2.87. The van der Waals surface area contributed by atoms with Crippen molar-refractivity contribution in [2.45, 2.75) is 20.3 Å². The number of pyridine rings is 1. The minimum absolute atomic E-state index is 0.138. The van der Waals surface area contributed by atoms with Crippen molar-refractivity contribution in [3.63, 3.8) is 0 Å². The van der Waals surface area contributed by atoms with Gasteiger partial charge in [0.1, 0.15) is 16.9 Å². The third kappa shape index (κ3) is 4.07. The Labute approximate surface area is 161 Å². The quantitative estimate of drug-likeness (QED) is 0.649. The number of carbonyl (C=O) groups is 1. The summed E-state index contributed by atoms with van der Waals surface area (Å²) in [5.74, 6) is -1.82. The van der Waals surface area contributed by atoms with Crippen molar-refractivity contribution in [2.75, 3.05) is 5.32 Å². The van der Waals surface area contributed by atoms with Gasteiger partial charge in [0.25, 0.3) is 0 Å². The van der Waals surface area contributed by atoms with E-state index in [2.05, 4.69) is 10.3 Å². The van der Waals surface area contributed by atoms with E-state index in [4.69, 9.17) is 11.6 Å². The van der Waals surface area contributed by atoms with Crippen LogP contribution in [0.5, 0.6) is 0 Å².